The van der Waals surface area contributed by atoms with E-state index in [0.29, 0.717) is 11.3 Å². The van der Waals surface area contributed by atoms with E-state index in [1.807, 2.05) is 13.0 Å². The molecule has 0 amide bonds. The molecule has 3 heteroatoms. The molecule has 2 nitrogen and oxygen atoms in total. The van der Waals surface area contributed by atoms with Gasteiger partial charge in [0, 0.05) is 15.0 Å². The van der Waals surface area contributed by atoms with Crippen LogP contribution in [0.3, 0.4) is 0 Å². The van der Waals surface area contributed by atoms with Gasteiger partial charge in [-0.1, -0.05) is 0 Å². The molecule has 1 heterocycles. The average molecular weight is 202 g/mol. The van der Waals surface area contributed by atoms with Gasteiger partial charge in [-0.05, 0) is 31.5 Å². The van der Waals surface area contributed by atoms with Crippen molar-refractivity contribution >= 4 is 27.1 Å². The number of aryl methyl sites for hydroxylation is 2. The van der Waals surface area contributed by atoms with Crippen molar-refractivity contribution in [1.82, 2.24) is 0 Å². The van der Waals surface area contributed by atoms with Crippen LogP contribution < -0.4 is 5.73 Å². The van der Waals surface area contributed by atoms with Gasteiger partial charge in [-0.15, -0.1) is 11.3 Å². The van der Waals surface area contributed by atoms with Gasteiger partial charge in [-0.3, -0.25) is 0 Å². The number of benzene rings is 1. The van der Waals surface area contributed by atoms with Gasteiger partial charge in [0.1, 0.15) is 6.07 Å². The molecular formula is C11H10N2S. The van der Waals surface area contributed by atoms with E-state index in [1.54, 1.807) is 17.4 Å². The van der Waals surface area contributed by atoms with Crippen molar-refractivity contribution in [3.05, 3.63) is 28.1 Å². The van der Waals surface area contributed by atoms with E-state index in [4.69, 9.17) is 11.0 Å². The number of hydrogen-bond donors (Lipinski definition) is 1. The van der Waals surface area contributed by atoms with Crippen LogP contribution in [0.2, 0.25) is 0 Å². The highest BCUT2D eigenvalue weighted by Crippen LogP contribution is 2.34. The van der Waals surface area contributed by atoms with Crippen molar-refractivity contribution in [2.24, 2.45) is 0 Å². The summed E-state index contributed by atoms with van der Waals surface area (Å²) < 4.78 is 1.14. The zero-order valence-electron chi connectivity index (χ0n) is 8.09. The quantitative estimate of drug-likeness (QED) is 0.668. The summed E-state index contributed by atoms with van der Waals surface area (Å²) in [7, 11) is 0. The van der Waals surface area contributed by atoms with E-state index < -0.39 is 0 Å². The van der Waals surface area contributed by atoms with E-state index in [0.717, 1.165) is 10.1 Å². The standard InChI is InChI=1S/C11H10N2S/c1-6-7(2)14-10-4-3-9(13)8(5-12)11(6)10/h3-4H,13H2,1-2H3. The van der Waals surface area contributed by atoms with Crippen molar-refractivity contribution in [2.45, 2.75) is 13.8 Å². The normalized spacial score (nSPS) is 10.4. The van der Waals surface area contributed by atoms with Gasteiger partial charge >= 0.3 is 0 Å². The molecule has 0 unspecified atom stereocenters. The highest BCUT2D eigenvalue weighted by atomic mass is 32.1. The number of nitrogens with zero attached hydrogens (tertiary/aromatic N) is 1. The number of anilines is 1. The zero-order chi connectivity index (χ0) is 10.3. The molecule has 2 rings (SSSR count). The van der Waals surface area contributed by atoms with Crippen LogP contribution in [-0.4, -0.2) is 0 Å². The molecule has 1 aromatic heterocycles. The molecule has 70 valence electrons. The highest BCUT2D eigenvalue weighted by molar-refractivity contribution is 7.19. The molecule has 2 N–H and O–H groups in total. The lowest BCUT2D eigenvalue weighted by molar-refractivity contribution is 1.45. The fourth-order valence-electron chi connectivity index (χ4n) is 1.59. The van der Waals surface area contributed by atoms with Crippen LogP contribution in [0.25, 0.3) is 10.1 Å². The Hall–Kier alpha value is -1.53. The number of rotatable bonds is 0. The summed E-state index contributed by atoms with van der Waals surface area (Å²) in [5.74, 6) is 0. The molecule has 0 saturated carbocycles. The molecule has 0 aliphatic carbocycles. The summed E-state index contributed by atoms with van der Waals surface area (Å²) in [6.07, 6.45) is 0. The van der Waals surface area contributed by atoms with Crippen molar-refractivity contribution in [2.75, 3.05) is 5.73 Å². The molecule has 0 fully saturated rings. The molecule has 1 aromatic carbocycles. The van der Waals surface area contributed by atoms with Crippen LogP contribution in [0, 0.1) is 25.2 Å². The monoisotopic (exact) mass is 202 g/mol. The topological polar surface area (TPSA) is 49.8 Å². The third kappa shape index (κ3) is 1.08. The number of nitriles is 1. The summed E-state index contributed by atoms with van der Waals surface area (Å²) >= 11 is 1.71. The van der Waals surface area contributed by atoms with E-state index in [1.165, 1.54) is 10.4 Å². The minimum absolute atomic E-state index is 0.570. The second-order valence-electron chi connectivity index (χ2n) is 3.30. The van der Waals surface area contributed by atoms with Crippen LogP contribution in [-0.2, 0) is 0 Å². The third-order valence-electron chi connectivity index (χ3n) is 2.48. The molecule has 0 atom stereocenters. The van der Waals surface area contributed by atoms with Gasteiger partial charge in [-0.25, -0.2) is 0 Å². The molecule has 0 spiro atoms. The van der Waals surface area contributed by atoms with Crippen molar-refractivity contribution < 1.29 is 0 Å². The fraction of sp³-hybridized carbons (Fsp3) is 0.182. The molecule has 0 bridgehead atoms. The second kappa shape index (κ2) is 3.00. The molecule has 2 aromatic rings. The first kappa shape index (κ1) is 9.04. The summed E-state index contributed by atoms with van der Waals surface area (Å²) in [5.41, 5.74) is 8.12. The van der Waals surface area contributed by atoms with Crippen LogP contribution in [0.5, 0.6) is 0 Å². The van der Waals surface area contributed by atoms with Crippen molar-refractivity contribution in [3.63, 3.8) is 0 Å². The van der Waals surface area contributed by atoms with Crippen molar-refractivity contribution in [1.29, 1.82) is 5.26 Å². The fourth-order valence-corrected chi connectivity index (χ4v) is 2.67. The van der Waals surface area contributed by atoms with Gasteiger partial charge in [0.2, 0.25) is 0 Å². The van der Waals surface area contributed by atoms with Gasteiger partial charge in [0.25, 0.3) is 0 Å². The number of nitrogens with two attached hydrogens (primary N) is 1. The average Bonchev–Trinajstić information content (AvgIpc) is 2.45. The molecule has 0 saturated heterocycles. The first-order chi connectivity index (χ1) is 6.65. The lowest BCUT2D eigenvalue weighted by atomic mass is 10.1. The van der Waals surface area contributed by atoms with Gasteiger partial charge in [-0.2, -0.15) is 5.26 Å². The Morgan fingerprint density at radius 3 is 2.71 bits per heavy atom. The summed E-state index contributed by atoms with van der Waals surface area (Å²) in [6, 6.07) is 5.96. The lowest BCUT2D eigenvalue weighted by Crippen LogP contribution is -1.90. The smallest absolute Gasteiger partial charge is 0.102 e. The van der Waals surface area contributed by atoms with Gasteiger partial charge < -0.3 is 5.73 Å². The van der Waals surface area contributed by atoms with E-state index in [2.05, 4.69) is 13.0 Å². The number of nitrogen functional groups attached to an aromatic ring is 1. The SMILES string of the molecule is Cc1sc2ccc(N)c(C#N)c2c1C. The van der Waals surface area contributed by atoms with Crippen LogP contribution >= 0.6 is 11.3 Å². The zero-order valence-corrected chi connectivity index (χ0v) is 8.90. The van der Waals surface area contributed by atoms with Crippen LogP contribution in [0.15, 0.2) is 12.1 Å². The van der Waals surface area contributed by atoms with E-state index >= 15 is 0 Å². The van der Waals surface area contributed by atoms with Crippen LogP contribution in [0.1, 0.15) is 16.0 Å². The maximum Gasteiger partial charge on any atom is 0.102 e. The number of thiophene rings is 1. The first-order valence-electron chi connectivity index (χ1n) is 4.33. The Morgan fingerprint density at radius 2 is 2.07 bits per heavy atom. The minimum Gasteiger partial charge on any atom is -0.398 e. The summed E-state index contributed by atoms with van der Waals surface area (Å²) in [6.45, 7) is 4.10. The van der Waals surface area contributed by atoms with E-state index in [9.17, 15) is 0 Å². The Bertz CT molecular complexity index is 546. The number of hydrogen-bond acceptors (Lipinski definition) is 3. The van der Waals surface area contributed by atoms with Crippen molar-refractivity contribution in [3.8, 4) is 6.07 Å². The largest absolute Gasteiger partial charge is 0.398 e. The van der Waals surface area contributed by atoms with Gasteiger partial charge in [0.05, 0.1) is 11.3 Å². The predicted molar refractivity (Wildman–Crippen MR) is 60.4 cm³/mol. The predicted octanol–water partition coefficient (Wildman–Crippen LogP) is 2.97. The Morgan fingerprint density at radius 1 is 1.36 bits per heavy atom. The first-order valence-corrected chi connectivity index (χ1v) is 5.15. The Labute approximate surface area is 86.6 Å². The second-order valence-corrected chi connectivity index (χ2v) is 4.55. The maximum atomic E-state index is 9.02. The van der Waals surface area contributed by atoms with E-state index in [-0.39, 0.29) is 0 Å². The maximum absolute atomic E-state index is 9.02. The molecule has 0 aliphatic rings. The molecule has 0 aliphatic heterocycles. The lowest BCUT2D eigenvalue weighted by Gasteiger charge is -1.99. The van der Waals surface area contributed by atoms with Gasteiger partial charge in [0.15, 0.2) is 0 Å². The Kier molecular flexibility index (Phi) is 1.94. The molecule has 0 radical (unpaired) electrons. The minimum atomic E-state index is 0.570. The number of fused-ring (bicyclic) bond motifs is 1. The third-order valence-corrected chi connectivity index (χ3v) is 3.65. The Balaban J connectivity index is 3.01. The highest BCUT2D eigenvalue weighted by Gasteiger charge is 2.11. The van der Waals surface area contributed by atoms with Crippen LogP contribution in [0.4, 0.5) is 5.69 Å². The summed E-state index contributed by atoms with van der Waals surface area (Å²) in [5, 5.41) is 10.0. The molecular weight excluding hydrogens is 192 g/mol. The molecule has 14 heavy (non-hydrogen) atoms. The summed E-state index contributed by atoms with van der Waals surface area (Å²) in [4.78, 5) is 1.25.